The summed E-state index contributed by atoms with van der Waals surface area (Å²) in [5, 5.41) is 0. The van der Waals surface area contributed by atoms with E-state index in [1.807, 2.05) is 0 Å². The highest BCUT2D eigenvalue weighted by atomic mass is 15.0. The van der Waals surface area contributed by atoms with Crippen LogP contribution in [0.25, 0.3) is 67.5 Å². The summed E-state index contributed by atoms with van der Waals surface area (Å²) in [4.78, 5) is 0. The fourth-order valence-corrected chi connectivity index (χ4v) is 12.7. The van der Waals surface area contributed by atoms with Crippen molar-refractivity contribution in [2.45, 2.75) is 125 Å². The Labute approximate surface area is 577 Å². The minimum atomic E-state index is 1.29. The SMILES string of the molecule is Cc1cc(C)[n+](C)c(-c2ccccc2C)c1.Cc1cc(C)[n+](C)c(-c2ccccc2C)c1.Cc1cc[n+](C)c(-c2c(C)cccc2C)c1.Cc1cc[n+](C)c(-c2c(C)cccc2C)c1.Cc1ccccc1-c1c(C)c(C)cc[n+]1C.Cc1ccccc1-c1c(C)c(C)cc[n+]1C. The van der Waals surface area contributed by atoms with Gasteiger partial charge in [0, 0.05) is 108 Å². The molecule has 12 aromatic rings. The lowest BCUT2D eigenvalue weighted by Crippen LogP contribution is -2.34. The lowest BCUT2D eigenvalue weighted by Gasteiger charge is -2.08. The molecule has 6 aromatic heterocycles. The van der Waals surface area contributed by atoms with Gasteiger partial charge in [0.25, 0.3) is 0 Å². The van der Waals surface area contributed by atoms with E-state index in [0.717, 1.165) is 0 Å². The Bertz CT molecular complexity index is 4360. The summed E-state index contributed by atoms with van der Waals surface area (Å²) in [6.45, 7) is 38.9. The first-order valence-corrected chi connectivity index (χ1v) is 33.8. The molecule has 96 heavy (non-hydrogen) atoms. The third kappa shape index (κ3) is 18.4. The van der Waals surface area contributed by atoms with Crippen LogP contribution in [0.4, 0.5) is 0 Å². The van der Waals surface area contributed by atoms with Crippen LogP contribution in [0, 0.1) is 125 Å². The van der Waals surface area contributed by atoms with Gasteiger partial charge in [-0.2, -0.15) is 9.13 Å². The number of pyridine rings is 6. The van der Waals surface area contributed by atoms with Crippen LogP contribution in [-0.4, -0.2) is 0 Å². The van der Waals surface area contributed by atoms with Crippen molar-refractivity contribution >= 4 is 0 Å². The number of aryl methyl sites for hydroxylation is 20. The molecule has 6 nitrogen and oxygen atoms in total. The van der Waals surface area contributed by atoms with E-state index in [4.69, 9.17) is 0 Å². The van der Waals surface area contributed by atoms with E-state index < -0.39 is 0 Å². The predicted octanol–water partition coefficient (Wildman–Crippen LogP) is 18.6. The van der Waals surface area contributed by atoms with Gasteiger partial charge in [-0.15, -0.1) is 0 Å². The van der Waals surface area contributed by atoms with Gasteiger partial charge < -0.3 is 0 Å². The number of hydrogen-bond donors (Lipinski definition) is 0. The van der Waals surface area contributed by atoms with Crippen molar-refractivity contribution < 1.29 is 27.4 Å². The van der Waals surface area contributed by atoms with Crippen LogP contribution in [0.1, 0.15) is 100 Å². The number of rotatable bonds is 6. The normalized spacial score (nSPS) is 10.5. The van der Waals surface area contributed by atoms with Gasteiger partial charge in [-0.3, -0.25) is 0 Å². The Hall–Kier alpha value is -9.78. The van der Waals surface area contributed by atoms with E-state index in [2.05, 4.69) is 413 Å². The molecule has 0 amide bonds. The number of nitrogens with zero attached hydrogens (tertiary/aromatic N) is 6. The molecule has 0 aliphatic heterocycles. The molecule has 0 saturated carbocycles. The molecule has 0 aliphatic rings. The van der Waals surface area contributed by atoms with Gasteiger partial charge >= 0.3 is 0 Å². The number of benzene rings is 6. The monoisotopic (exact) mass is 1270 g/mol. The van der Waals surface area contributed by atoms with E-state index in [1.54, 1.807) is 0 Å². The molecular weight excluding hydrogens is 1170 g/mol. The Kier molecular flexibility index (Phi) is 25.7. The van der Waals surface area contributed by atoms with E-state index in [0.29, 0.717) is 0 Å². The molecule has 0 N–H and O–H groups in total. The summed E-state index contributed by atoms with van der Waals surface area (Å²) in [5.41, 5.74) is 39.6. The summed E-state index contributed by atoms with van der Waals surface area (Å²) < 4.78 is 13.3. The molecule has 0 radical (unpaired) electrons. The average molecular weight is 1270 g/mol. The van der Waals surface area contributed by atoms with E-state index in [9.17, 15) is 0 Å². The van der Waals surface area contributed by atoms with Crippen molar-refractivity contribution in [1.82, 2.24) is 0 Å². The summed E-state index contributed by atoms with van der Waals surface area (Å²) in [5.74, 6) is 0. The van der Waals surface area contributed by atoms with E-state index in [1.165, 1.54) is 168 Å². The highest BCUT2D eigenvalue weighted by Gasteiger charge is 2.21. The van der Waals surface area contributed by atoms with Crippen LogP contribution < -0.4 is 27.4 Å². The van der Waals surface area contributed by atoms with Gasteiger partial charge in [-0.25, -0.2) is 18.3 Å². The molecule has 0 unspecified atom stereocenters. The van der Waals surface area contributed by atoms with Crippen molar-refractivity contribution in [2.75, 3.05) is 0 Å². The van der Waals surface area contributed by atoms with Crippen LogP contribution in [0.15, 0.2) is 219 Å². The zero-order valence-corrected chi connectivity index (χ0v) is 62.5. The van der Waals surface area contributed by atoms with Crippen LogP contribution in [-0.2, 0) is 42.3 Å². The number of aromatic nitrogens is 6. The van der Waals surface area contributed by atoms with Crippen LogP contribution in [0.3, 0.4) is 0 Å². The van der Waals surface area contributed by atoms with E-state index in [-0.39, 0.29) is 0 Å². The molecule has 0 spiro atoms. The van der Waals surface area contributed by atoms with Crippen molar-refractivity contribution in [3.05, 3.63) is 319 Å². The maximum absolute atomic E-state index is 2.25. The third-order valence-corrected chi connectivity index (χ3v) is 18.8. The lowest BCUT2D eigenvalue weighted by atomic mass is 9.98. The molecule has 0 saturated heterocycles. The highest BCUT2D eigenvalue weighted by molar-refractivity contribution is 5.69. The standard InChI is InChI=1S/6C15H18N/c2*1-11-8-9-16(4)14(10-11)15-12(2)6-5-7-13(15)3;2*1-11-9-13(3)16(4)15(10-11)14-8-6-5-7-12(14)2;2*1-11-9-10-16(4)15(13(11)3)14-8-6-5-7-12(14)2/h6*5-10H,1-4H3/q6*+1. The fraction of sp³-hybridized carbons (Fsp3) is 0.267. The van der Waals surface area contributed by atoms with Crippen LogP contribution in [0.5, 0.6) is 0 Å². The van der Waals surface area contributed by atoms with E-state index >= 15 is 0 Å². The zero-order chi connectivity index (χ0) is 70.2. The van der Waals surface area contributed by atoms with Gasteiger partial charge in [0.05, 0.1) is 11.1 Å². The second-order valence-corrected chi connectivity index (χ2v) is 26.6. The quantitative estimate of drug-likeness (QED) is 0.148. The van der Waals surface area contributed by atoms with Crippen molar-refractivity contribution in [1.29, 1.82) is 0 Å². The lowest BCUT2D eigenvalue weighted by molar-refractivity contribution is -0.666. The largest absolute Gasteiger partial charge is 0.215 e. The molecule has 12 rings (SSSR count). The molecule has 6 heteroatoms. The molecule has 0 atom stereocenters. The zero-order valence-electron chi connectivity index (χ0n) is 62.5. The average Bonchev–Trinajstić information content (AvgIpc) is 0.870. The van der Waals surface area contributed by atoms with Crippen LogP contribution in [0.2, 0.25) is 0 Å². The molecular formula is C90H108N6+6. The second-order valence-electron chi connectivity index (χ2n) is 26.6. The van der Waals surface area contributed by atoms with Crippen molar-refractivity contribution in [3.63, 3.8) is 0 Å². The molecule has 492 valence electrons. The van der Waals surface area contributed by atoms with Crippen molar-refractivity contribution in [2.24, 2.45) is 42.3 Å². The van der Waals surface area contributed by atoms with Crippen molar-refractivity contribution in [3.8, 4) is 67.5 Å². The summed E-state index contributed by atoms with van der Waals surface area (Å²) in [6, 6.07) is 69.1. The summed E-state index contributed by atoms with van der Waals surface area (Å²) in [7, 11) is 12.6. The topological polar surface area (TPSA) is 23.3 Å². The molecule has 0 bridgehead atoms. The van der Waals surface area contributed by atoms with Gasteiger partial charge in [0.15, 0.2) is 36.2 Å². The minimum absolute atomic E-state index is 1.29. The van der Waals surface area contributed by atoms with Gasteiger partial charge in [0.2, 0.25) is 34.2 Å². The first-order chi connectivity index (χ1) is 45.6. The summed E-state index contributed by atoms with van der Waals surface area (Å²) in [6.07, 6.45) is 8.50. The maximum atomic E-state index is 2.25. The smallest absolute Gasteiger partial charge is 0.201 e. The molecule has 0 aliphatic carbocycles. The van der Waals surface area contributed by atoms with Crippen LogP contribution >= 0.6 is 0 Å². The molecule has 6 heterocycles. The molecule has 6 aromatic carbocycles. The highest BCUT2D eigenvalue weighted by Crippen LogP contribution is 2.29. The molecule has 0 fully saturated rings. The first kappa shape index (κ1) is 73.6. The first-order valence-electron chi connectivity index (χ1n) is 33.8. The minimum Gasteiger partial charge on any atom is -0.201 e. The van der Waals surface area contributed by atoms with Gasteiger partial charge in [0.1, 0.15) is 42.3 Å². The maximum Gasteiger partial charge on any atom is 0.215 e. The predicted molar refractivity (Wildman–Crippen MR) is 404 cm³/mol. The fourth-order valence-electron chi connectivity index (χ4n) is 12.7. The Morgan fingerprint density at radius 1 is 0.208 bits per heavy atom. The Balaban J connectivity index is 0.000000163. The summed E-state index contributed by atoms with van der Waals surface area (Å²) >= 11 is 0. The Morgan fingerprint density at radius 3 is 0.771 bits per heavy atom. The second kappa shape index (κ2) is 33.6. The Morgan fingerprint density at radius 2 is 0.469 bits per heavy atom. The number of hydrogen-bond acceptors (Lipinski definition) is 0. The van der Waals surface area contributed by atoms with Gasteiger partial charge in [-0.05, 0) is 213 Å². The third-order valence-electron chi connectivity index (χ3n) is 18.8. The van der Waals surface area contributed by atoms with Gasteiger partial charge in [-0.1, -0.05) is 109 Å².